The molecule has 0 bridgehead atoms. The Bertz CT molecular complexity index is 557. The number of furan rings is 1. The van der Waals surface area contributed by atoms with E-state index in [9.17, 15) is 4.79 Å². The number of hydrogen-bond donors (Lipinski definition) is 0. The molecule has 1 atom stereocenters. The number of terminal acetylenes is 1. The molecule has 17 heavy (non-hydrogen) atoms. The quantitative estimate of drug-likeness (QED) is 0.688. The second-order valence-corrected chi connectivity index (χ2v) is 4.15. The minimum atomic E-state index is -0.0974. The molecule has 1 aromatic rings. The Morgan fingerprint density at radius 1 is 1.53 bits per heavy atom. The van der Waals surface area contributed by atoms with Crippen molar-refractivity contribution in [1.29, 1.82) is 5.26 Å². The summed E-state index contributed by atoms with van der Waals surface area (Å²) in [5.41, 5.74) is 1.20. The summed E-state index contributed by atoms with van der Waals surface area (Å²) >= 11 is 0. The van der Waals surface area contributed by atoms with Crippen LogP contribution in [0.4, 0.5) is 5.88 Å². The summed E-state index contributed by atoms with van der Waals surface area (Å²) in [6.07, 6.45) is 5.64. The maximum Gasteiger partial charge on any atom is 0.230 e. The predicted molar refractivity (Wildman–Crippen MR) is 62.2 cm³/mol. The average molecular weight is 228 g/mol. The van der Waals surface area contributed by atoms with E-state index in [0.29, 0.717) is 30.2 Å². The van der Waals surface area contributed by atoms with E-state index >= 15 is 0 Å². The molecule has 2 heterocycles. The van der Waals surface area contributed by atoms with Crippen LogP contribution in [0.3, 0.4) is 0 Å². The highest BCUT2D eigenvalue weighted by atomic mass is 16.4. The van der Waals surface area contributed by atoms with Gasteiger partial charge in [-0.3, -0.25) is 9.69 Å². The van der Waals surface area contributed by atoms with Crippen molar-refractivity contribution in [2.24, 2.45) is 5.92 Å². The van der Waals surface area contributed by atoms with Gasteiger partial charge in [0.25, 0.3) is 0 Å². The summed E-state index contributed by atoms with van der Waals surface area (Å²) in [5.74, 6) is 3.38. The van der Waals surface area contributed by atoms with Gasteiger partial charge in [-0.2, -0.15) is 5.26 Å². The van der Waals surface area contributed by atoms with Crippen LogP contribution in [0.15, 0.2) is 4.42 Å². The first-order chi connectivity index (χ1) is 8.08. The fourth-order valence-electron chi connectivity index (χ4n) is 1.95. The van der Waals surface area contributed by atoms with Crippen molar-refractivity contribution < 1.29 is 9.21 Å². The van der Waals surface area contributed by atoms with E-state index in [4.69, 9.17) is 16.1 Å². The lowest BCUT2D eigenvalue weighted by Crippen LogP contribution is -2.24. The molecule has 4 nitrogen and oxygen atoms in total. The Morgan fingerprint density at radius 2 is 2.24 bits per heavy atom. The van der Waals surface area contributed by atoms with Crippen molar-refractivity contribution in [2.75, 3.05) is 11.4 Å². The van der Waals surface area contributed by atoms with Gasteiger partial charge >= 0.3 is 0 Å². The minimum Gasteiger partial charge on any atom is -0.444 e. The number of hydrogen-bond acceptors (Lipinski definition) is 3. The molecule has 0 N–H and O–H groups in total. The summed E-state index contributed by atoms with van der Waals surface area (Å²) in [7, 11) is 0. The monoisotopic (exact) mass is 228 g/mol. The Kier molecular flexibility index (Phi) is 2.65. The molecule has 0 saturated carbocycles. The zero-order valence-electron chi connectivity index (χ0n) is 9.78. The van der Waals surface area contributed by atoms with E-state index in [1.807, 2.05) is 0 Å². The largest absolute Gasteiger partial charge is 0.444 e. The van der Waals surface area contributed by atoms with Crippen LogP contribution in [0, 0.1) is 43.4 Å². The first-order valence-corrected chi connectivity index (χ1v) is 5.35. The van der Waals surface area contributed by atoms with E-state index in [-0.39, 0.29) is 11.8 Å². The summed E-state index contributed by atoms with van der Waals surface area (Å²) in [5, 5.41) is 9.09. The number of nitrogens with zero attached hydrogens (tertiary/aromatic N) is 2. The highest BCUT2D eigenvalue weighted by Crippen LogP contribution is 2.32. The van der Waals surface area contributed by atoms with Gasteiger partial charge in [0.2, 0.25) is 11.8 Å². The molecule has 1 aliphatic rings. The Labute approximate surface area is 99.8 Å². The number of aryl methyl sites for hydroxylation is 1. The third-order valence-electron chi connectivity index (χ3n) is 3.08. The van der Waals surface area contributed by atoms with Crippen molar-refractivity contribution in [1.82, 2.24) is 0 Å². The van der Waals surface area contributed by atoms with Crippen LogP contribution in [0.1, 0.15) is 23.3 Å². The third kappa shape index (κ3) is 1.68. The fraction of sp³-hybridized carbons (Fsp3) is 0.385. The van der Waals surface area contributed by atoms with Crippen LogP contribution < -0.4 is 4.90 Å². The van der Waals surface area contributed by atoms with Gasteiger partial charge < -0.3 is 4.42 Å². The number of carbonyl (C=O) groups excluding carboxylic acids is 1. The van der Waals surface area contributed by atoms with E-state index in [1.165, 1.54) is 4.90 Å². The smallest absolute Gasteiger partial charge is 0.230 e. The molecule has 0 spiro atoms. The second kappa shape index (κ2) is 3.99. The molecular weight excluding hydrogens is 216 g/mol. The number of anilines is 1. The van der Waals surface area contributed by atoms with Crippen molar-refractivity contribution in [2.45, 2.75) is 20.3 Å². The van der Waals surface area contributed by atoms with E-state index in [0.717, 1.165) is 5.56 Å². The first-order valence-electron chi connectivity index (χ1n) is 5.35. The lowest BCUT2D eigenvalue weighted by Gasteiger charge is -2.12. The van der Waals surface area contributed by atoms with Gasteiger partial charge in [-0.1, -0.05) is 0 Å². The molecule has 1 saturated heterocycles. The van der Waals surface area contributed by atoms with Crippen LogP contribution in [0.25, 0.3) is 0 Å². The molecule has 1 fully saturated rings. The Hall–Kier alpha value is -2.20. The molecule has 4 heteroatoms. The molecule has 2 rings (SSSR count). The number of nitriles is 1. The number of carbonyl (C=O) groups is 1. The molecule has 1 aromatic heterocycles. The lowest BCUT2D eigenvalue weighted by molar-refractivity contribution is -0.117. The predicted octanol–water partition coefficient (Wildman–Crippen LogP) is 1.75. The van der Waals surface area contributed by atoms with Crippen LogP contribution in [-0.4, -0.2) is 12.5 Å². The maximum absolute atomic E-state index is 11.8. The molecule has 1 aliphatic heterocycles. The van der Waals surface area contributed by atoms with Gasteiger partial charge in [-0.25, -0.2) is 0 Å². The highest BCUT2D eigenvalue weighted by molar-refractivity contribution is 5.96. The van der Waals surface area contributed by atoms with Gasteiger partial charge in [0.1, 0.15) is 17.4 Å². The standard InChI is InChI=1S/C13H12N2O2/c1-4-10-5-12(16)15(7-10)13-11(6-14)8(2)9(3)17-13/h1,10H,5,7H2,2-3H3. The zero-order chi connectivity index (χ0) is 12.6. The molecule has 0 aromatic carbocycles. The van der Waals surface area contributed by atoms with Crippen LogP contribution in [-0.2, 0) is 4.79 Å². The second-order valence-electron chi connectivity index (χ2n) is 4.15. The van der Waals surface area contributed by atoms with Gasteiger partial charge in [-0.15, -0.1) is 12.3 Å². The van der Waals surface area contributed by atoms with Gasteiger partial charge in [0.05, 0.1) is 0 Å². The van der Waals surface area contributed by atoms with Crippen LogP contribution in [0.5, 0.6) is 0 Å². The summed E-state index contributed by atoms with van der Waals surface area (Å²) < 4.78 is 5.50. The molecule has 0 radical (unpaired) electrons. The Balaban J connectivity index is 2.43. The summed E-state index contributed by atoms with van der Waals surface area (Å²) in [6.45, 7) is 4.01. The number of rotatable bonds is 1. The van der Waals surface area contributed by atoms with E-state index in [2.05, 4.69) is 12.0 Å². The topological polar surface area (TPSA) is 57.2 Å². The van der Waals surface area contributed by atoms with Crippen LogP contribution in [0.2, 0.25) is 0 Å². The van der Waals surface area contributed by atoms with Crippen molar-refractivity contribution >= 4 is 11.8 Å². The number of amides is 1. The van der Waals surface area contributed by atoms with Gasteiger partial charge in [0.15, 0.2) is 0 Å². The SMILES string of the molecule is C#CC1CC(=O)N(c2oc(C)c(C)c2C#N)C1. The van der Waals surface area contributed by atoms with Crippen molar-refractivity contribution in [3.05, 3.63) is 16.9 Å². The molecule has 86 valence electrons. The molecule has 1 amide bonds. The van der Waals surface area contributed by atoms with E-state index < -0.39 is 0 Å². The molecule has 0 aliphatic carbocycles. The van der Waals surface area contributed by atoms with Crippen molar-refractivity contribution in [3.63, 3.8) is 0 Å². The average Bonchev–Trinajstić information content (AvgIpc) is 2.81. The fourth-order valence-corrected chi connectivity index (χ4v) is 1.95. The zero-order valence-corrected chi connectivity index (χ0v) is 9.78. The van der Waals surface area contributed by atoms with Crippen molar-refractivity contribution in [3.8, 4) is 18.4 Å². The Morgan fingerprint density at radius 3 is 2.76 bits per heavy atom. The van der Waals surface area contributed by atoms with Crippen LogP contribution >= 0.6 is 0 Å². The summed E-state index contributed by atoms with van der Waals surface area (Å²) in [6, 6.07) is 2.08. The summed E-state index contributed by atoms with van der Waals surface area (Å²) in [4.78, 5) is 13.3. The minimum absolute atomic E-state index is 0.0850. The van der Waals surface area contributed by atoms with Gasteiger partial charge in [0, 0.05) is 24.4 Å². The van der Waals surface area contributed by atoms with Gasteiger partial charge in [-0.05, 0) is 13.8 Å². The molecular formula is C13H12N2O2. The lowest BCUT2D eigenvalue weighted by atomic mass is 10.1. The maximum atomic E-state index is 11.8. The molecule has 1 unspecified atom stereocenters. The van der Waals surface area contributed by atoms with E-state index in [1.54, 1.807) is 13.8 Å². The first kappa shape index (κ1) is 11.3. The third-order valence-corrected chi connectivity index (χ3v) is 3.08. The normalized spacial score (nSPS) is 19.2. The highest BCUT2D eigenvalue weighted by Gasteiger charge is 2.33.